The van der Waals surface area contributed by atoms with Gasteiger partial charge in [0, 0.05) is 12.8 Å². The number of hydrogen-bond acceptors (Lipinski definition) is 5. The van der Waals surface area contributed by atoms with Crippen molar-refractivity contribution in [2.75, 3.05) is 13.2 Å². The molecule has 0 heterocycles. The lowest BCUT2D eigenvalue weighted by Gasteiger charge is -2.15. The summed E-state index contributed by atoms with van der Waals surface area (Å²) in [5.41, 5.74) is 0. The highest BCUT2D eigenvalue weighted by atomic mass is 16.6. The maximum Gasteiger partial charge on any atom is 0.306 e. The largest absolute Gasteiger partial charge is 0.462 e. The molecular weight excluding hydrogens is 1050 g/mol. The predicted octanol–water partition coefficient (Wildman–Crippen LogP) is 26.1. The molecule has 0 aromatic heterocycles. The second-order valence-electron chi connectivity index (χ2n) is 24.6. The third-order valence-electron chi connectivity index (χ3n) is 16.2. The van der Waals surface area contributed by atoms with Gasteiger partial charge in [0.25, 0.3) is 0 Å². The molecule has 0 fully saturated rings. The van der Waals surface area contributed by atoms with E-state index < -0.39 is 6.10 Å². The van der Waals surface area contributed by atoms with E-state index in [0.29, 0.717) is 12.8 Å². The molecule has 0 aliphatic carbocycles. The first-order valence-electron chi connectivity index (χ1n) is 37.1. The predicted molar refractivity (Wildman–Crippen MR) is 380 cm³/mol. The molecule has 0 saturated carbocycles. The Morgan fingerprint density at radius 1 is 0.279 bits per heavy atom. The second-order valence-corrected chi connectivity index (χ2v) is 24.6. The van der Waals surface area contributed by atoms with E-state index in [1.165, 1.54) is 231 Å². The van der Waals surface area contributed by atoms with Gasteiger partial charge in [0.05, 0.1) is 6.61 Å². The second kappa shape index (κ2) is 75.5. The van der Waals surface area contributed by atoms with Gasteiger partial charge < -0.3 is 14.6 Å². The van der Waals surface area contributed by atoms with E-state index in [0.717, 1.165) is 103 Å². The van der Waals surface area contributed by atoms with Gasteiger partial charge in [0.1, 0.15) is 6.61 Å². The minimum Gasteiger partial charge on any atom is -0.462 e. The van der Waals surface area contributed by atoms with E-state index in [2.05, 4.69) is 135 Å². The molecule has 1 atom stereocenters. The fourth-order valence-corrected chi connectivity index (χ4v) is 10.7. The number of allylic oxidation sites excluding steroid dienone is 20. The first-order chi connectivity index (χ1) is 42.6. The molecule has 0 bridgehead atoms. The Morgan fingerprint density at radius 3 is 0.756 bits per heavy atom. The van der Waals surface area contributed by atoms with E-state index in [1.54, 1.807) is 0 Å². The number of carbonyl (C=O) groups is 2. The highest BCUT2D eigenvalue weighted by molar-refractivity contribution is 5.70. The van der Waals surface area contributed by atoms with E-state index in [4.69, 9.17) is 9.47 Å². The summed E-state index contributed by atoms with van der Waals surface area (Å²) >= 11 is 0. The lowest BCUT2D eigenvalue weighted by Crippen LogP contribution is -2.28. The molecule has 494 valence electrons. The monoisotopic (exact) mass is 1190 g/mol. The van der Waals surface area contributed by atoms with Gasteiger partial charge in [-0.3, -0.25) is 9.59 Å². The first kappa shape index (κ1) is 82.3. The topological polar surface area (TPSA) is 72.8 Å². The molecule has 86 heavy (non-hydrogen) atoms. The summed E-state index contributed by atoms with van der Waals surface area (Å²) in [5.74, 6) is -0.592. The summed E-state index contributed by atoms with van der Waals surface area (Å²) in [4.78, 5) is 24.7. The number of rotatable bonds is 68. The van der Waals surface area contributed by atoms with Crippen molar-refractivity contribution in [3.63, 3.8) is 0 Å². The molecule has 0 rings (SSSR count). The SMILES string of the molecule is CC/C=C\C/C=C\C/C=C\C/C=C\C/C=C\C/C=C\C/C=C\C/C=C\CCCCCCCCCCC(=O)OC(CO)COC(=O)CCCCCCCCCCCCCCCCCCCCCCCCCCCCC/C=C\C/C=C\CCCCCCC. The molecule has 1 unspecified atom stereocenters. The van der Waals surface area contributed by atoms with Crippen LogP contribution in [-0.4, -0.2) is 36.4 Å². The third-order valence-corrected chi connectivity index (χ3v) is 16.2. The third kappa shape index (κ3) is 72.8. The minimum absolute atomic E-state index is 0.0717. The number of esters is 2. The smallest absolute Gasteiger partial charge is 0.306 e. The van der Waals surface area contributed by atoms with Crippen LogP contribution in [-0.2, 0) is 19.1 Å². The molecule has 5 nitrogen and oxygen atoms in total. The summed E-state index contributed by atoms with van der Waals surface area (Å²) in [6, 6.07) is 0. The molecule has 1 N–H and O–H groups in total. The minimum atomic E-state index is -0.785. The van der Waals surface area contributed by atoms with Crippen molar-refractivity contribution in [3.05, 3.63) is 122 Å². The maximum atomic E-state index is 12.4. The summed E-state index contributed by atoms with van der Waals surface area (Å²) in [6.45, 7) is 4.04. The lowest BCUT2D eigenvalue weighted by molar-refractivity contribution is -0.161. The van der Waals surface area contributed by atoms with Crippen LogP contribution in [0.4, 0.5) is 0 Å². The fourth-order valence-electron chi connectivity index (χ4n) is 10.7. The lowest BCUT2D eigenvalue weighted by atomic mass is 10.0. The number of aliphatic hydroxyl groups excluding tert-OH is 1. The van der Waals surface area contributed by atoms with Crippen LogP contribution < -0.4 is 0 Å². The van der Waals surface area contributed by atoms with Crippen molar-refractivity contribution in [3.8, 4) is 0 Å². The zero-order chi connectivity index (χ0) is 61.9. The molecule has 0 aromatic carbocycles. The Morgan fingerprint density at radius 2 is 0.500 bits per heavy atom. The summed E-state index contributed by atoms with van der Waals surface area (Å²) in [6.07, 6.45) is 111. The zero-order valence-electron chi connectivity index (χ0n) is 56.8. The molecule has 0 spiro atoms. The van der Waals surface area contributed by atoms with Crippen molar-refractivity contribution < 1.29 is 24.2 Å². The normalized spacial score (nSPS) is 12.9. The average molecular weight is 1190 g/mol. The van der Waals surface area contributed by atoms with Crippen LogP contribution in [0.15, 0.2) is 122 Å². The molecule has 0 saturated heterocycles. The van der Waals surface area contributed by atoms with Gasteiger partial charge in [0.15, 0.2) is 6.10 Å². The Balaban J connectivity index is 3.46. The molecule has 0 aliphatic rings. The van der Waals surface area contributed by atoms with Crippen LogP contribution in [0.25, 0.3) is 0 Å². The van der Waals surface area contributed by atoms with Crippen LogP contribution in [0.3, 0.4) is 0 Å². The Bertz CT molecular complexity index is 1690. The van der Waals surface area contributed by atoms with Crippen LogP contribution in [0.1, 0.15) is 361 Å². The van der Waals surface area contributed by atoms with Crippen LogP contribution in [0, 0.1) is 0 Å². The molecule has 0 amide bonds. The molecule has 5 heteroatoms. The quantitative estimate of drug-likeness (QED) is 0.0373. The van der Waals surface area contributed by atoms with Crippen molar-refractivity contribution in [2.45, 2.75) is 367 Å². The van der Waals surface area contributed by atoms with Gasteiger partial charge in [-0.25, -0.2) is 0 Å². The Kier molecular flexibility index (Phi) is 72.3. The standard InChI is InChI=1S/C81H140O5/c1-3-5-7-9-11-13-15-17-19-21-23-25-27-29-31-33-35-37-38-39-40-41-42-44-45-47-49-51-53-55-57-59-61-63-65-67-69-71-73-75-80(83)85-78-79(77-82)86-81(84)76-74-72-70-68-66-64-62-60-58-56-54-52-50-48-46-43-36-34-32-30-28-26-24-22-20-18-16-14-12-10-8-6-4-2/h6,8,12,14-15,17-18,20-21,23-24,26,30,32,36,43,48,50,54,56,79,82H,3-5,7,9-11,13,16,19,22,25,27-29,31,33-35,37-42,44-47,49,51-53,55,57-78H2,1-2H3/b8-6-,14-12-,17-15-,20-18-,23-21-,26-24-,32-30-,43-36-,50-48-,56-54-. The molecule has 0 aliphatic heterocycles. The summed E-state index contributed by atoms with van der Waals surface area (Å²) in [5, 5.41) is 9.71. The number of hydrogen-bond donors (Lipinski definition) is 1. The molecular formula is C81H140O5. The number of ether oxygens (including phenoxy) is 2. The zero-order valence-corrected chi connectivity index (χ0v) is 56.8. The Hall–Kier alpha value is -3.70. The fraction of sp³-hybridized carbons (Fsp3) is 0.728. The number of carbonyl (C=O) groups excluding carboxylic acids is 2. The van der Waals surface area contributed by atoms with Gasteiger partial charge in [-0.2, -0.15) is 0 Å². The van der Waals surface area contributed by atoms with Crippen molar-refractivity contribution in [1.29, 1.82) is 0 Å². The number of unbranched alkanes of at least 4 members (excludes halogenated alkanes) is 40. The summed E-state index contributed by atoms with van der Waals surface area (Å²) in [7, 11) is 0. The van der Waals surface area contributed by atoms with Crippen LogP contribution >= 0.6 is 0 Å². The van der Waals surface area contributed by atoms with Gasteiger partial charge >= 0.3 is 11.9 Å². The first-order valence-corrected chi connectivity index (χ1v) is 37.1. The highest BCUT2D eigenvalue weighted by Gasteiger charge is 2.16. The van der Waals surface area contributed by atoms with Crippen molar-refractivity contribution in [2.24, 2.45) is 0 Å². The maximum absolute atomic E-state index is 12.4. The van der Waals surface area contributed by atoms with E-state index in [-0.39, 0.29) is 25.2 Å². The molecule has 0 aromatic rings. The van der Waals surface area contributed by atoms with E-state index in [9.17, 15) is 14.7 Å². The van der Waals surface area contributed by atoms with Crippen LogP contribution in [0.5, 0.6) is 0 Å². The van der Waals surface area contributed by atoms with Gasteiger partial charge in [-0.05, 0) is 109 Å². The average Bonchev–Trinajstić information content (AvgIpc) is 3.55. The number of aliphatic hydroxyl groups is 1. The van der Waals surface area contributed by atoms with Gasteiger partial charge in [-0.1, -0.05) is 360 Å². The van der Waals surface area contributed by atoms with Gasteiger partial charge in [-0.15, -0.1) is 0 Å². The Labute approximate surface area is 534 Å². The summed E-state index contributed by atoms with van der Waals surface area (Å²) < 4.78 is 10.8. The van der Waals surface area contributed by atoms with Crippen molar-refractivity contribution >= 4 is 11.9 Å². The molecule has 0 radical (unpaired) electrons. The van der Waals surface area contributed by atoms with Crippen LogP contribution in [0.2, 0.25) is 0 Å². The van der Waals surface area contributed by atoms with E-state index in [1.807, 2.05) is 0 Å². The van der Waals surface area contributed by atoms with Crippen molar-refractivity contribution in [1.82, 2.24) is 0 Å². The van der Waals surface area contributed by atoms with Gasteiger partial charge in [0.2, 0.25) is 0 Å². The highest BCUT2D eigenvalue weighted by Crippen LogP contribution is 2.18. The van der Waals surface area contributed by atoms with E-state index >= 15 is 0 Å².